The van der Waals surface area contributed by atoms with Gasteiger partial charge in [0.05, 0.1) is 36.1 Å². The molecule has 0 radical (unpaired) electrons. The first-order chi connectivity index (χ1) is 11.7. The Bertz CT molecular complexity index is 788. The fourth-order valence-corrected chi connectivity index (χ4v) is 2.47. The Kier molecular flexibility index (Phi) is 5.25. The lowest BCUT2D eigenvalue weighted by Crippen LogP contribution is -2.20. The highest BCUT2D eigenvalue weighted by Gasteiger charge is 2.26. The highest BCUT2D eigenvalue weighted by molar-refractivity contribution is 5.42. The molecule has 2 aromatic rings. The summed E-state index contributed by atoms with van der Waals surface area (Å²) in [6, 6.07) is 10.7. The van der Waals surface area contributed by atoms with Crippen LogP contribution in [0.2, 0.25) is 0 Å². The van der Waals surface area contributed by atoms with Crippen molar-refractivity contribution >= 4 is 0 Å². The summed E-state index contributed by atoms with van der Waals surface area (Å²) in [6.45, 7) is 8.69. The molecule has 0 aliphatic carbocycles. The van der Waals surface area contributed by atoms with E-state index in [1.165, 1.54) is 0 Å². The van der Waals surface area contributed by atoms with Crippen LogP contribution in [0.15, 0.2) is 24.5 Å². The summed E-state index contributed by atoms with van der Waals surface area (Å²) in [4.78, 5) is 4.26. The summed E-state index contributed by atoms with van der Waals surface area (Å²) in [5, 5.41) is 26.4. The van der Waals surface area contributed by atoms with Gasteiger partial charge in [0.1, 0.15) is 6.33 Å². The largest absolute Gasteiger partial charge is 0.313 e. The van der Waals surface area contributed by atoms with Crippen LogP contribution in [0.1, 0.15) is 50.2 Å². The van der Waals surface area contributed by atoms with Crippen LogP contribution < -0.4 is 5.32 Å². The first kappa shape index (κ1) is 18.6. The number of hydrogen-bond acceptors (Lipinski definition) is 5. The van der Waals surface area contributed by atoms with Crippen LogP contribution in [0.4, 0.5) is 0 Å². The van der Waals surface area contributed by atoms with Gasteiger partial charge in [-0.15, -0.1) is 0 Å². The van der Waals surface area contributed by atoms with Crippen LogP contribution in [-0.2, 0) is 23.9 Å². The molecule has 0 amide bonds. The average molecular weight is 336 g/mol. The smallest absolute Gasteiger partial charge is 0.164 e. The minimum Gasteiger partial charge on any atom is -0.313 e. The van der Waals surface area contributed by atoms with Gasteiger partial charge >= 0.3 is 0 Å². The molecule has 6 heteroatoms. The van der Waals surface area contributed by atoms with Crippen molar-refractivity contribution in [3.8, 4) is 12.1 Å². The number of aromatic nitrogens is 3. The lowest BCUT2D eigenvalue weighted by molar-refractivity contribution is 0.638. The fraction of sp³-hybridized carbons (Fsp3) is 0.474. The van der Waals surface area contributed by atoms with Crippen molar-refractivity contribution in [2.75, 3.05) is 7.05 Å². The maximum absolute atomic E-state index is 9.49. The normalized spacial score (nSPS) is 11.8. The first-order valence-corrected chi connectivity index (χ1v) is 8.22. The standard InChI is InChI=1S/C19H24N6/c1-18(2,11-20)15-6-14(7-16(8-15)19(3,4)12-21)10-25-13-23-17(24-25)9-22-5/h6-8,13,22H,9-10H2,1-5H3. The van der Waals surface area contributed by atoms with E-state index in [2.05, 4.69) is 27.5 Å². The number of hydrogen-bond donors (Lipinski definition) is 1. The van der Waals surface area contributed by atoms with Crippen LogP contribution >= 0.6 is 0 Å². The molecule has 1 N–H and O–H groups in total. The van der Waals surface area contributed by atoms with Gasteiger partial charge < -0.3 is 5.32 Å². The summed E-state index contributed by atoms with van der Waals surface area (Å²) in [5.74, 6) is 0.730. The van der Waals surface area contributed by atoms with Gasteiger partial charge in [0.15, 0.2) is 5.82 Å². The molecule has 130 valence electrons. The van der Waals surface area contributed by atoms with E-state index in [0.717, 1.165) is 22.5 Å². The summed E-state index contributed by atoms with van der Waals surface area (Å²) in [6.07, 6.45) is 1.70. The van der Waals surface area contributed by atoms with Gasteiger partial charge in [-0.1, -0.05) is 18.2 Å². The Morgan fingerprint density at radius 3 is 2.08 bits per heavy atom. The second-order valence-corrected chi connectivity index (χ2v) is 7.28. The summed E-state index contributed by atoms with van der Waals surface area (Å²) >= 11 is 0. The maximum Gasteiger partial charge on any atom is 0.164 e. The quantitative estimate of drug-likeness (QED) is 0.876. The highest BCUT2D eigenvalue weighted by atomic mass is 15.3. The van der Waals surface area contributed by atoms with Gasteiger partial charge in [0, 0.05) is 0 Å². The molecule has 1 heterocycles. The average Bonchev–Trinajstić information content (AvgIpc) is 3.02. The third-order valence-electron chi connectivity index (χ3n) is 4.26. The zero-order valence-electron chi connectivity index (χ0n) is 15.5. The summed E-state index contributed by atoms with van der Waals surface area (Å²) < 4.78 is 1.77. The molecule has 2 rings (SSSR count). The molecule has 0 atom stereocenters. The van der Waals surface area contributed by atoms with Crippen molar-refractivity contribution < 1.29 is 0 Å². The minimum absolute atomic E-state index is 0.542. The van der Waals surface area contributed by atoms with Gasteiger partial charge in [-0.3, -0.25) is 0 Å². The maximum atomic E-state index is 9.49. The van der Waals surface area contributed by atoms with Crippen molar-refractivity contribution in [1.29, 1.82) is 10.5 Å². The lowest BCUT2D eigenvalue weighted by Gasteiger charge is -2.23. The first-order valence-electron chi connectivity index (χ1n) is 8.22. The van der Waals surface area contributed by atoms with Crippen molar-refractivity contribution in [1.82, 2.24) is 20.1 Å². The van der Waals surface area contributed by atoms with E-state index in [-0.39, 0.29) is 0 Å². The van der Waals surface area contributed by atoms with E-state index >= 15 is 0 Å². The Morgan fingerprint density at radius 1 is 1.04 bits per heavy atom. The van der Waals surface area contributed by atoms with Crippen LogP contribution in [0.25, 0.3) is 0 Å². The third kappa shape index (κ3) is 4.23. The van der Waals surface area contributed by atoms with Crippen LogP contribution in [0.3, 0.4) is 0 Å². The molecule has 0 aliphatic heterocycles. The van der Waals surface area contributed by atoms with Gasteiger partial charge in [0.25, 0.3) is 0 Å². The van der Waals surface area contributed by atoms with Gasteiger partial charge in [-0.05, 0) is 51.4 Å². The zero-order valence-corrected chi connectivity index (χ0v) is 15.5. The van der Waals surface area contributed by atoms with E-state index in [1.807, 2.05) is 52.9 Å². The van der Waals surface area contributed by atoms with Gasteiger partial charge in [0.2, 0.25) is 0 Å². The van der Waals surface area contributed by atoms with Crippen molar-refractivity contribution in [2.45, 2.75) is 51.6 Å². The number of nitrogens with one attached hydrogen (secondary N) is 1. The van der Waals surface area contributed by atoms with Crippen molar-refractivity contribution in [2.24, 2.45) is 0 Å². The molecule has 25 heavy (non-hydrogen) atoms. The van der Waals surface area contributed by atoms with E-state index in [0.29, 0.717) is 13.1 Å². The topological polar surface area (TPSA) is 90.3 Å². The third-order valence-corrected chi connectivity index (χ3v) is 4.26. The molecule has 0 spiro atoms. The van der Waals surface area contributed by atoms with E-state index in [4.69, 9.17) is 0 Å². The minimum atomic E-state index is -0.629. The Morgan fingerprint density at radius 2 is 1.60 bits per heavy atom. The molecule has 0 saturated heterocycles. The van der Waals surface area contributed by atoms with E-state index < -0.39 is 10.8 Å². The predicted molar refractivity (Wildman–Crippen MR) is 95.6 cm³/mol. The molecule has 1 aromatic carbocycles. The molecule has 1 aromatic heterocycles. The van der Waals surface area contributed by atoms with Crippen LogP contribution in [-0.4, -0.2) is 21.8 Å². The monoisotopic (exact) mass is 336 g/mol. The molecule has 0 bridgehead atoms. The summed E-state index contributed by atoms with van der Waals surface area (Å²) in [5.41, 5.74) is 1.55. The fourth-order valence-electron chi connectivity index (χ4n) is 2.47. The van der Waals surface area contributed by atoms with E-state index in [1.54, 1.807) is 11.0 Å². The highest BCUT2D eigenvalue weighted by Crippen LogP contribution is 2.30. The Hall–Kier alpha value is -2.70. The molecule has 0 saturated carbocycles. The molecular weight excluding hydrogens is 312 g/mol. The predicted octanol–water partition coefficient (Wildman–Crippen LogP) is 2.65. The second-order valence-electron chi connectivity index (χ2n) is 7.28. The lowest BCUT2D eigenvalue weighted by atomic mass is 9.79. The number of rotatable bonds is 6. The Labute approximate surface area is 149 Å². The van der Waals surface area contributed by atoms with E-state index in [9.17, 15) is 10.5 Å². The Balaban J connectivity index is 2.46. The molecular formula is C19H24N6. The number of benzene rings is 1. The van der Waals surface area contributed by atoms with Crippen LogP contribution in [0, 0.1) is 22.7 Å². The van der Waals surface area contributed by atoms with Gasteiger partial charge in [-0.25, -0.2) is 9.67 Å². The van der Waals surface area contributed by atoms with Crippen LogP contribution in [0.5, 0.6) is 0 Å². The van der Waals surface area contributed by atoms with Crippen molar-refractivity contribution in [3.05, 3.63) is 47.0 Å². The molecule has 0 fully saturated rings. The van der Waals surface area contributed by atoms with Crippen molar-refractivity contribution in [3.63, 3.8) is 0 Å². The van der Waals surface area contributed by atoms with Gasteiger partial charge in [-0.2, -0.15) is 15.6 Å². The summed E-state index contributed by atoms with van der Waals surface area (Å²) in [7, 11) is 1.85. The number of nitriles is 2. The number of nitrogens with zero attached hydrogens (tertiary/aromatic N) is 5. The second kappa shape index (κ2) is 7.04. The molecule has 0 aliphatic rings. The molecule has 0 unspecified atom stereocenters. The SMILES string of the molecule is CNCc1ncn(Cc2cc(C(C)(C)C#N)cc(C(C)(C)C#N)c2)n1. The zero-order chi connectivity index (χ0) is 18.7. The molecule has 6 nitrogen and oxygen atoms in total.